The van der Waals surface area contributed by atoms with Gasteiger partial charge in [-0.2, -0.15) is 0 Å². The molecule has 0 aliphatic heterocycles. The molecule has 0 saturated carbocycles. The van der Waals surface area contributed by atoms with E-state index in [4.69, 9.17) is 0 Å². The topological polar surface area (TPSA) is 62.2 Å². The number of nitrogens with zero attached hydrogens (tertiary/aromatic N) is 1. The van der Waals surface area contributed by atoms with Gasteiger partial charge in [-0.05, 0) is 22.8 Å². The normalized spacial score (nSPS) is 20.4. The molecule has 0 spiro atoms. The highest BCUT2D eigenvalue weighted by Crippen LogP contribution is 2.31. The summed E-state index contributed by atoms with van der Waals surface area (Å²) in [6, 6.07) is 11.2. The van der Waals surface area contributed by atoms with E-state index in [-0.39, 0.29) is 18.4 Å². The summed E-state index contributed by atoms with van der Waals surface area (Å²) >= 11 is 0. The first-order valence-electron chi connectivity index (χ1n) is 6.68. The van der Waals surface area contributed by atoms with Crippen molar-refractivity contribution in [1.82, 2.24) is 10.3 Å². The van der Waals surface area contributed by atoms with Crippen LogP contribution < -0.4 is 5.32 Å². The molecule has 4 nitrogen and oxygen atoms in total. The zero-order valence-corrected chi connectivity index (χ0v) is 11.0. The number of rotatable bonds is 3. The number of aliphatic hydroxyl groups is 1. The minimum absolute atomic E-state index is 0.0984. The second-order valence-corrected chi connectivity index (χ2v) is 5.05. The SMILES string of the molecule is O=C(Cc1cccnc1)N[C@@H]1c2ccccc2C[C@@H]1O. The molecule has 4 heteroatoms. The van der Waals surface area contributed by atoms with E-state index in [1.165, 1.54) is 0 Å². The summed E-state index contributed by atoms with van der Waals surface area (Å²) in [5.74, 6) is -0.0984. The summed E-state index contributed by atoms with van der Waals surface area (Å²) in [6.07, 6.45) is 3.68. The minimum atomic E-state index is -0.551. The zero-order valence-electron chi connectivity index (χ0n) is 11.0. The molecule has 1 aromatic carbocycles. The number of carbonyl (C=O) groups is 1. The van der Waals surface area contributed by atoms with Crippen molar-refractivity contribution in [1.29, 1.82) is 0 Å². The lowest BCUT2D eigenvalue weighted by atomic mass is 10.1. The average Bonchev–Trinajstić information content (AvgIpc) is 2.76. The van der Waals surface area contributed by atoms with Crippen molar-refractivity contribution >= 4 is 5.91 Å². The van der Waals surface area contributed by atoms with E-state index in [1.807, 2.05) is 36.4 Å². The molecule has 0 unspecified atom stereocenters. The van der Waals surface area contributed by atoms with Crippen molar-refractivity contribution in [2.24, 2.45) is 0 Å². The molecule has 0 radical (unpaired) electrons. The molecule has 0 fully saturated rings. The number of hydrogen-bond acceptors (Lipinski definition) is 3. The number of hydrogen-bond donors (Lipinski definition) is 2. The number of carbonyl (C=O) groups excluding carboxylic acids is 1. The Bertz CT molecular complexity index is 613. The molecule has 1 amide bonds. The fraction of sp³-hybridized carbons (Fsp3) is 0.250. The molecule has 1 aliphatic rings. The standard InChI is InChI=1S/C16H16N2O2/c19-14-9-12-5-1-2-6-13(12)16(14)18-15(20)8-11-4-3-7-17-10-11/h1-7,10,14,16,19H,8-9H2,(H,18,20)/t14-,16+/m0/s1. The molecule has 0 bridgehead atoms. The number of fused-ring (bicyclic) bond motifs is 1. The van der Waals surface area contributed by atoms with Crippen LogP contribution in [0.3, 0.4) is 0 Å². The van der Waals surface area contributed by atoms with Gasteiger partial charge in [-0.15, -0.1) is 0 Å². The molecule has 1 aliphatic carbocycles. The Labute approximate surface area is 117 Å². The monoisotopic (exact) mass is 268 g/mol. The number of pyridine rings is 1. The van der Waals surface area contributed by atoms with Crippen molar-refractivity contribution in [3.05, 3.63) is 65.5 Å². The van der Waals surface area contributed by atoms with Crippen molar-refractivity contribution < 1.29 is 9.90 Å². The third kappa shape index (κ3) is 2.56. The molecular formula is C16H16N2O2. The number of benzene rings is 1. The Kier molecular flexibility index (Phi) is 3.48. The maximum atomic E-state index is 12.1. The first-order chi connectivity index (χ1) is 9.74. The summed E-state index contributed by atoms with van der Waals surface area (Å²) in [7, 11) is 0. The van der Waals surface area contributed by atoms with E-state index in [0.29, 0.717) is 6.42 Å². The first-order valence-corrected chi connectivity index (χ1v) is 6.68. The second kappa shape index (κ2) is 5.43. The van der Waals surface area contributed by atoms with E-state index in [9.17, 15) is 9.90 Å². The van der Waals surface area contributed by atoms with Crippen LogP contribution in [0, 0.1) is 0 Å². The predicted octanol–water partition coefficient (Wildman–Crippen LogP) is 1.40. The Morgan fingerprint density at radius 2 is 2.15 bits per heavy atom. The van der Waals surface area contributed by atoms with E-state index in [2.05, 4.69) is 10.3 Å². The van der Waals surface area contributed by atoms with Crippen LogP contribution in [-0.2, 0) is 17.6 Å². The van der Waals surface area contributed by atoms with Gasteiger partial charge in [0.2, 0.25) is 5.91 Å². The van der Waals surface area contributed by atoms with Crippen LogP contribution in [0.1, 0.15) is 22.7 Å². The Morgan fingerprint density at radius 3 is 2.95 bits per heavy atom. The minimum Gasteiger partial charge on any atom is -0.390 e. The lowest BCUT2D eigenvalue weighted by Gasteiger charge is -2.18. The Balaban J connectivity index is 1.70. The molecule has 1 heterocycles. The quantitative estimate of drug-likeness (QED) is 0.884. The lowest BCUT2D eigenvalue weighted by Crippen LogP contribution is -2.34. The second-order valence-electron chi connectivity index (χ2n) is 5.05. The largest absolute Gasteiger partial charge is 0.390 e. The maximum absolute atomic E-state index is 12.1. The van der Waals surface area contributed by atoms with Crippen molar-refractivity contribution in [2.45, 2.75) is 25.0 Å². The van der Waals surface area contributed by atoms with Gasteiger partial charge in [0.05, 0.1) is 18.6 Å². The number of amides is 1. The highest BCUT2D eigenvalue weighted by Gasteiger charge is 2.31. The molecule has 1 aromatic heterocycles. The maximum Gasteiger partial charge on any atom is 0.225 e. The zero-order chi connectivity index (χ0) is 13.9. The van der Waals surface area contributed by atoms with Gasteiger partial charge < -0.3 is 10.4 Å². The van der Waals surface area contributed by atoms with Crippen molar-refractivity contribution in [2.75, 3.05) is 0 Å². The van der Waals surface area contributed by atoms with Crippen LogP contribution in [-0.4, -0.2) is 22.1 Å². The van der Waals surface area contributed by atoms with Gasteiger partial charge in [-0.1, -0.05) is 30.3 Å². The highest BCUT2D eigenvalue weighted by molar-refractivity contribution is 5.79. The molecular weight excluding hydrogens is 252 g/mol. The van der Waals surface area contributed by atoms with Crippen LogP contribution in [0.5, 0.6) is 0 Å². The number of aromatic nitrogens is 1. The van der Waals surface area contributed by atoms with Gasteiger partial charge in [0, 0.05) is 18.8 Å². The molecule has 20 heavy (non-hydrogen) atoms. The highest BCUT2D eigenvalue weighted by atomic mass is 16.3. The van der Waals surface area contributed by atoms with Crippen LogP contribution in [0.2, 0.25) is 0 Å². The van der Waals surface area contributed by atoms with Gasteiger partial charge in [0.25, 0.3) is 0 Å². The van der Waals surface area contributed by atoms with E-state index >= 15 is 0 Å². The van der Waals surface area contributed by atoms with Crippen molar-refractivity contribution in [3.63, 3.8) is 0 Å². The first kappa shape index (κ1) is 12.8. The lowest BCUT2D eigenvalue weighted by molar-refractivity contribution is -0.121. The third-order valence-corrected chi connectivity index (χ3v) is 3.61. The van der Waals surface area contributed by atoms with Crippen LogP contribution in [0.25, 0.3) is 0 Å². The fourth-order valence-electron chi connectivity index (χ4n) is 2.66. The summed E-state index contributed by atoms with van der Waals surface area (Å²) in [5.41, 5.74) is 2.98. The summed E-state index contributed by atoms with van der Waals surface area (Å²) in [4.78, 5) is 16.1. The molecule has 102 valence electrons. The Hall–Kier alpha value is -2.20. The van der Waals surface area contributed by atoms with Crippen molar-refractivity contribution in [3.8, 4) is 0 Å². The van der Waals surface area contributed by atoms with E-state index in [0.717, 1.165) is 16.7 Å². The van der Waals surface area contributed by atoms with E-state index < -0.39 is 6.10 Å². The molecule has 0 saturated heterocycles. The molecule has 2 aromatic rings. The summed E-state index contributed by atoms with van der Waals surface area (Å²) in [5, 5.41) is 13.0. The Morgan fingerprint density at radius 1 is 1.30 bits per heavy atom. The van der Waals surface area contributed by atoms with Gasteiger partial charge in [0.1, 0.15) is 0 Å². The third-order valence-electron chi connectivity index (χ3n) is 3.61. The van der Waals surface area contributed by atoms with Crippen LogP contribution in [0.15, 0.2) is 48.8 Å². The predicted molar refractivity (Wildman–Crippen MR) is 75.0 cm³/mol. The van der Waals surface area contributed by atoms with Gasteiger partial charge >= 0.3 is 0 Å². The van der Waals surface area contributed by atoms with Gasteiger partial charge in [-0.25, -0.2) is 0 Å². The fourth-order valence-corrected chi connectivity index (χ4v) is 2.66. The summed E-state index contributed by atoms with van der Waals surface area (Å²) < 4.78 is 0. The number of nitrogens with one attached hydrogen (secondary N) is 1. The number of aliphatic hydroxyl groups excluding tert-OH is 1. The van der Waals surface area contributed by atoms with Gasteiger partial charge in [0.15, 0.2) is 0 Å². The van der Waals surface area contributed by atoms with Crippen LogP contribution in [0.4, 0.5) is 0 Å². The van der Waals surface area contributed by atoms with Gasteiger partial charge in [-0.3, -0.25) is 9.78 Å². The molecule has 2 N–H and O–H groups in total. The molecule has 3 rings (SSSR count). The van der Waals surface area contributed by atoms with Crippen LogP contribution >= 0.6 is 0 Å². The smallest absolute Gasteiger partial charge is 0.225 e. The molecule has 2 atom stereocenters. The van der Waals surface area contributed by atoms with E-state index in [1.54, 1.807) is 12.4 Å². The average molecular weight is 268 g/mol. The summed E-state index contributed by atoms with van der Waals surface area (Å²) in [6.45, 7) is 0.